The van der Waals surface area contributed by atoms with Gasteiger partial charge in [0.15, 0.2) is 0 Å². The third-order valence-corrected chi connectivity index (χ3v) is 5.24. The van der Waals surface area contributed by atoms with Crippen LogP contribution in [0.4, 0.5) is 5.69 Å². The van der Waals surface area contributed by atoms with Gasteiger partial charge in [0.2, 0.25) is 16.8 Å². The van der Waals surface area contributed by atoms with Crippen LogP contribution in [0.25, 0.3) is 0 Å². The minimum Gasteiger partial charge on any atom is -0.381 e. The Hall–Kier alpha value is -2.13. The zero-order valence-electron chi connectivity index (χ0n) is 14.4. The van der Waals surface area contributed by atoms with E-state index in [0.29, 0.717) is 50.6 Å². The third-order valence-electron chi connectivity index (χ3n) is 4.80. The number of hydrogen-bond donors (Lipinski definition) is 2. The number of rotatable bonds is 4. The van der Waals surface area contributed by atoms with Gasteiger partial charge in [-0.1, -0.05) is 0 Å². The largest absolute Gasteiger partial charge is 0.381 e. The number of carbonyl (C=O) groups excluding carboxylic acids is 2. The molecule has 26 heavy (non-hydrogen) atoms. The summed E-state index contributed by atoms with van der Waals surface area (Å²) in [4.78, 5) is 28.7. The van der Waals surface area contributed by atoms with E-state index in [1.807, 2.05) is 4.90 Å². The summed E-state index contributed by atoms with van der Waals surface area (Å²) in [5.41, 5.74) is 0.922. The van der Waals surface area contributed by atoms with Gasteiger partial charge in [-0.15, -0.1) is 0 Å². The molecule has 2 aliphatic rings. The molecule has 8 nitrogen and oxygen atoms in total. The lowest BCUT2D eigenvalue weighted by molar-refractivity contribution is -0.140. The maximum Gasteiger partial charge on any atom is 0.253 e. The second-order valence-corrected chi connectivity index (χ2v) is 7.19. The van der Waals surface area contributed by atoms with Crippen LogP contribution in [0, 0.1) is 5.92 Å². The number of benzene rings is 1. The van der Waals surface area contributed by atoms with Crippen molar-refractivity contribution in [3.63, 3.8) is 0 Å². The molecule has 0 saturated carbocycles. The molecule has 2 heterocycles. The first-order chi connectivity index (χ1) is 12.5. The van der Waals surface area contributed by atoms with Crippen molar-refractivity contribution in [1.29, 1.82) is 0 Å². The SMILES string of the molecule is O=C(c1ccc(N[SH](=O)=O)cc1)N1CCN(C(=O)C2CCOCC2)CC1. The molecule has 2 fully saturated rings. The molecule has 1 aromatic rings. The average molecular weight is 381 g/mol. The van der Waals surface area contributed by atoms with E-state index < -0.39 is 10.9 Å². The predicted molar refractivity (Wildman–Crippen MR) is 96.4 cm³/mol. The molecule has 0 bridgehead atoms. The summed E-state index contributed by atoms with van der Waals surface area (Å²) in [5.74, 6) is 0.0994. The molecule has 0 atom stereocenters. The summed E-state index contributed by atoms with van der Waals surface area (Å²) in [7, 11) is -2.72. The highest BCUT2D eigenvalue weighted by molar-refractivity contribution is 7.73. The van der Waals surface area contributed by atoms with Crippen molar-refractivity contribution < 1.29 is 22.7 Å². The Balaban J connectivity index is 1.53. The van der Waals surface area contributed by atoms with Gasteiger partial charge >= 0.3 is 0 Å². The average Bonchev–Trinajstić information content (AvgIpc) is 2.68. The lowest BCUT2D eigenvalue weighted by Crippen LogP contribution is -2.52. The van der Waals surface area contributed by atoms with Crippen molar-refractivity contribution in [3.8, 4) is 0 Å². The zero-order valence-corrected chi connectivity index (χ0v) is 15.3. The summed E-state index contributed by atoms with van der Waals surface area (Å²) in [6.45, 7) is 3.36. The maximum atomic E-state index is 12.6. The normalized spacial score (nSPS) is 18.8. The van der Waals surface area contributed by atoms with Gasteiger partial charge in [0, 0.05) is 56.6 Å². The Kier molecular flexibility index (Phi) is 6.10. The van der Waals surface area contributed by atoms with E-state index in [1.165, 1.54) is 0 Å². The number of piperazine rings is 1. The van der Waals surface area contributed by atoms with Gasteiger partial charge in [0.1, 0.15) is 0 Å². The van der Waals surface area contributed by atoms with Crippen molar-refractivity contribution in [2.75, 3.05) is 44.1 Å². The number of nitrogens with one attached hydrogen (secondary N) is 1. The first kappa shape index (κ1) is 18.7. The van der Waals surface area contributed by atoms with E-state index in [4.69, 9.17) is 4.74 Å². The highest BCUT2D eigenvalue weighted by Gasteiger charge is 2.30. The van der Waals surface area contributed by atoms with Gasteiger partial charge in [-0.05, 0) is 37.1 Å². The molecule has 0 radical (unpaired) electrons. The van der Waals surface area contributed by atoms with Gasteiger partial charge in [-0.3, -0.25) is 14.3 Å². The maximum absolute atomic E-state index is 12.6. The summed E-state index contributed by atoms with van der Waals surface area (Å²) >= 11 is 0. The molecule has 3 rings (SSSR count). The Morgan fingerprint density at radius 2 is 1.54 bits per heavy atom. The zero-order chi connectivity index (χ0) is 18.5. The van der Waals surface area contributed by atoms with Gasteiger partial charge in [0.25, 0.3) is 5.91 Å². The summed E-state index contributed by atoms with van der Waals surface area (Å²) in [6.07, 6.45) is 1.54. The van der Waals surface area contributed by atoms with Crippen LogP contribution in [0.15, 0.2) is 24.3 Å². The Labute approximate surface area is 154 Å². The summed E-state index contributed by atoms with van der Waals surface area (Å²) < 4.78 is 28.9. The van der Waals surface area contributed by atoms with Crippen molar-refractivity contribution >= 4 is 28.4 Å². The van der Waals surface area contributed by atoms with Gasteiger partial charge in [0.05, 0.1) is 0 Å². The van der Waals surface area contributed by atoms with E-state index in [0.717, 1.165) is 12.8 Å². The number of thiol groups is 1. The number of amides is 2. The second-order valence-electron chi connectivity index (χ2n) is 6.45. The lowest BCUT2D eigenvalue weighted by Gasteiger charge is -2.37. The topological polar surface area (TPSA) is 96.0 Å². The van der Waals surface area contributed by atoms with Crippen molar-refractivity contribution in [2.24, 2.45) is 5.92 Å². The van der Waals surface area contributed by atoms with E-state index in [2.05, 4.69) is 4.72 Å². The standard InChI is InChI=1S/C17H23N3O5S/c21-16(13-1-3-15(4-2-13)18-26(23)24)19-7-9-20(10-8-19)17(22)14-5-11-25-12-6-14/h1-4,14,26H,5-12H2,(H,18,23,24). The Morgan fingerprint density at radius 3 is 2.12 bits per heavy atom. The van der Waals surface area contributed by atoms with Crippen LogP contribution in [0.3, 0.4) is 0 Å². The van der Waals surface area contributed by atoms with E-state index in [1.54, 1.807) is 29.2 Å². The second kappa shape index (κ2) is 8.50. The number of anilines is 1. The van der Waals surface area contributed by atoms with E-state index in [9.17, 15) is 18.0 Å². The molecular formula is C17H23N3O5S. The highest BCUT2D eigenvalue weighted by atomic mass is 32.2. The van der Waals surface area contributed by atoms with Gasteiger partial charge < -0.3 is 14.5 Å². The fraction of sp³-hybridized carbons (Fsp3) is 0.529. The first-order valence-corrected chi connectivity index (χ1v) is 9.89. The molecule has 9 heteroatoms. The van der Waals surface area contributed by atoms with Crippen LogP contribution in [0.2, 0.25) is 0 Å². The Bertz CT molecular complexity index is 712. The van der Waals surface area contributed by atoms with Crippen LogP contribution in [-0.4, -0.2) is 69.4 Å². The molecule has 2 aliphatic heterocycles. The quantitative estimate of drug-likeness (QED) is 0.733. The number of hydrogen-bond acceptors (Lipinski definition) is 5. The van der Waals surface area contributed by atoms with Crippen molar-refractivity contribution in [1.82, 2.24) is 9.80 Å². The fourth-order valence-corrected chi connectivity index (χ4v) is 3.67. The van der Waals surface area contributed by atoms with Crippen LogP contribution in [0.5, 0.6) is 0 Å². The number of ether oxygens (including phenoxy) is 1. The minimum atomic E-state index is -2.72. The van der Waals surface area contributed by atoms with Crippen LogP contribution < -0.4 is 4.72 Å². The fourth-order valence-electron chi connectivity index (χ4n) is 3.31. The minimum absolute atomic E-state index is 0.0403. The molecule has 0 aromatic heterocycles. The lowest BCUT2D eigenvalue weighted by atomic mass is 9.98. The molecular weight excluding hydrogens is 358 g/mol. The molecule has 1 aromatic carbocycles. The smallest absolute Gasteiger partial charge is 0.253 e. The van der Waals surface area contributed by atoms with Crippen molar-refractivity contribution in [2.45, 2.75) is 12.8 Å². The predicted octanol–water partition coefficient (Wildman–Crippen LogP) is 0.336. The van der Waals surface area contributed by atoms with Crippen LogP contribution in [-0.2, 0) is 20.4 Å². The Morgan fingerprint density at radius 1 is 0.962 bits per heavy atom. The molecule has 1 N–H and O–H groups in total. The van der Waals surface area contributed by atoms with Gasteiger partial charge in [-0.25, -0.2) is 8.42 Å². The number of nitrogens with zero attached hydrogens (tertiary/aromatic N) is 2. The van der Waals surface area contributed by atoms with Crippen LogP contribution >= 0.6 is 0 Å². The van der Waals surface area contributed by atoms with Crippen molar-refractivity contribution in [3.05, 3.63) is 29.8 Å². The monoisotopic (exact) mass is 381 g/mol. The third kappa shape index (κ3) is 4.53. The van der Waals surface area contributed by atoms with Crippen LogP contribution in [0.1, 0.15) is 23.2 Å². The molecule has 2 saturated heterocycles. The molecule has 2 amide bonds. The van der Waals surface area contributed by atoms with Gasteiger partial charge in [-0.2, -0.15) is 0 Å². The first-order valence-electron chi connectivity index (χ1n) is 8.71. The molecule has 142 valence electrons. The molecule has 0 unspecified atom stereocenters. The summed E-state index contributed by atoms with van der Waals surface area (Å²) in [6, 6.07) is 6.32. The van der Waals surface area contributed by atoms with E-state index in [-0.39, 0.29) is 17.7 Å². The summed E-state index contributed by atoms with van der Waals surface area (Å²) in [5, 5.41) is 0. The molecule has 0 aliphatic carbocycles. The highest BCUT2D eigenvalue weighted by Crippen LogP contribution is 2.19. The van der Waals surface area contributed by atoms with E-state index >= 15 is 0 Å². The molecule has 0 spiro atoms. The number of carbonyl (C=O) groups is 2.